The number of anilines is 2. The third kappa shape index (κ3) is 6.30. The first kappa shape index (κ1) is 38.0. The molecule has 5 aromatic carbocycles. The predicted molar refractivity (Wildman–Crippen MR) is 243 cm³/mol. The average molecular weight is 757 g/mol. The second-order valence-electron chi connectivity index (χ2n) is 18.8. The largest absolute Gasteiger partial charge is 0.472 e. The van der Waals surface area contributed by atoms with Crippen molar-refractivity contribution in [1.82, 2.24) is 0 Å². The molecule has 3 heteroatoms. The summed E-state index contributed by atoms with van der Waals surface area (Å²) in [6.45, 7) is 16.3. The summed E-state index contributed by atoms with van der Waals surface area (Å²) in [5.74, 6) is 3.86. The molecule has 0 amide bonds. The highest BCUT2D eigenvalue weighted by Crippen LogP contribution is 2.66. The molecule has 57 heavy (non-hydrogen) atoms. The van der Waals surface area contributed by atoms with Crippen LogP contribution in [0.5, 0.6) is 5.75 Å². The van der Waals surface area contributed by atoms with E-state index in [1.807, 2.05) is 13.8 Å². The van der Waals surface area contributed by atoms with Crippen LogP contribution < -0.4 is 14.5 Å². The van der Waals surface area contributed by atoms with Crippen molar-refractivity contribution < 1.29 is 4.74 Å². The van der Waals surface area contributed by atoms with Crippen molar-refractivity contribution in [2.45, 2.75) is 110 Å². The number of nitrogens with zero attached hydrogens (tertiary/aromatic N) is 2. The molecule has 0 aromatic heterocycles. The lowest BCUT2D eigenvalue weighted by Gasteiger charge is -2.54. The lowest BCUT2D eigenvalue weighted by molar-refractivity contribution is 0.0962. The fraction of sp³-hybridized carbons (Fsp3) is 0.444. The van der Waals surface area contributed by atoms with Crippen LogP contribution in [-0.4, -0.2) is 27.2 Å². The van der Waals surface area contributed by atoms with Crippen LogP contribution in [0.3, 0.4) is 0 Å². The summed E-state index contributed by atoms with van der Waals surface area (Å²) < 4.78 is 7.92. The lowest BCUT2D eigenvalue weighted by atomic mass is 9.50. The van der Waals surface area contributed by atoms with E-state index in [0.717, 1.165) is 18.8 Å². The van der Waals surface area contributed by atoms with Gasteiger partial charge in [0.15, 0.2) is 5.60 Å². The van der Waals surface area contributed by atoms with Gasteiger partial charge in [0.2, 0.25) is 0 Å². The van der Waals surface area contributed by atoms with E-state index in [-0.39, 0.29) is 5.41 Å². The van der Waals surface area contributed by atoms with Crippen LogP contribution in [0, 0.1) is 17.3 Å². The highest BCUT2D eigenvalue weighted by Gasteiger charge is 2.52. The molecule has 5 aliphatic rings. The smallest absolute Gasteiger partial charge is 0.178 e. The molecule has 4 atom stereocenters. The maximum atomic E-state index is 7.92. The molecule has 5 aromatic rings. The quantitative estimate of drug-likeness (QED) is 0.172. The maximum Gasteiger partial charge on any atom is 0.178 e. The molecule has 3 nitrogen and oxygen atoms in total. The Bertz CT molecular complexity index is 2240. The summed E-state index contributed by atoms with van der Waals surface area (Å²) in [6, 6.07) is 35.4. The van der Waals surface area contributed by atoms with Crippen molar-refractivity contribution >= 4 is 28.2 Å². The zero-order valence-corrected chi connectivity index (χ0v) is 35.9. The van der Waals surface area contributed by atoms with Crippen molar-refractivity contribution in [3.63, 3.8) is 0 Å². The molecule has 0 bridgehead atoms. The van der Waals surface area contributed by atoms with Crippen molar-refractivity contribution in [3.05, 3.63) is 130 Å². The Morgan fingerprint density at radius 2 is 1.46 bits per heavy atom. The normalized spacial score (nSPS) is 24.4. The number of rotatable bonds is 6. The molecule has 3 aliphatic carbocycles. The monoisotopic (exact) mass is 757 g/mol. The summed E-state index contributed by atoms with van der Waals surface area (Å²) >= 11 is 0. The van der Waals surface area contributed by atoms with E-state index in [0.29, 0.717) is 29.6 Å². The van der Waals surface area contributed by atoms with Crippen LogP contribution in [0.15, 0.2) is 97.1 Å². The Hall–Kier alpha value is -4.50. The summed E-state index contributed by atoms with van der Waals surface area (Å²) in [7, 11) is 4.23. The first-order valence-corrected chi connectivity index (χ1v) is 22.4. The van der Waals surface area contributed by atoms with Crippen molar-refractivity contribution in [2.75, 3.05) is 37.0 Å². The molecule has 0 N–H and O–H groups in total. The molecule has 4 unspecified atom stereocenters. The first-order chi connectivity index (χ1) is 27.6. The second kappa shape index (κ2) is 14.7. The van der Waals surface area contributed by atoms with Gasteiger partial charge in [-0.05, 0) is 143 Å². The van der Waals surface area contributed by atoms with Gasteiger partial charge >= 0.3 is 0 Å². The number of piperidine rings is 1. The third-order valence-electron chi connectivity index (χ3n) is 14.5. The fourth-order valence-electron chi connectivity index (χ4n) is 11.4. The predicted octanol–water partition coefficient (Wildman–Crippen LogP) is 14.1. The molecule has 0 radical (unpaired) electrons. The van der Waals surface area contributed by atoms with E-state index in [4.69, 9.17) is 4.74 Å². The zero-order valence-electron chi connectivity index (χ0n) is 35.9. The van der Waals surface area contributed by atoms with Crippen molar-refractivity contribution in [3.8, 4) is 16.9 Å². The molecule has 2 saturated carbocycles. The minimum Gasteiger partial charge on any atom is -0.472 e. The molecule has 10 rings (SSSR count). The van der Waals surface area contributed by atoms with Gasteiger partial charge in [-0.15, -0.1) is 0 Å². The zero-order chi connectivity index (χ0) is 39.6. The number of fused-ring (bicyclic) bond motifs is 11. The number of hydrogen-bond acceptors (Lipinski definition) is 3. The van der Waals surface area contributed by atoms with E-state index >= 15 is 0 Å². The van der Waals surface area contributed by atoms with Gasteiger partial charge in [-0.25, -0.2) is 0 Å². The summed E-state index contributed by atoms with van der Waals surface area (Å²) in [6.07, 6.45) is 13.9. The van der Waals surface area contributed by atoms with Gasteiger partial charge in [0.05, 0.1) is 0 Å². The highest BCUT2D eigenvalue weighted by molar-refractivity contribution is 6.08. The van der Waals surface area contributed by atoms with Crippen molar-refractivity contribution in [2.24, 2.45) is 17.3 Å². The van der Waals surface area contributed by atoms with E-state index in [9.17, 15) is 0 Å². The molecule has 2 aliphatic heterocycles. The Kier molecular flexibility index (Phi) is 9.82. The van der Waals surface area contributed by atoms with Crippen LogP contribution >= 0.6 is 0 Å². The average Bonchev–Trinajstić information content (AvgIpc) is 4.10. The Morgan fingerprint density at radius 3 is 2.12 bits per heavy atom. The van der Waals surface area contributed by atoms with Gasteiger partial charge in [0, 0.05) is 60.6 Å². The molecule has 1 saturated heterocycles. The minimum absolute atomic E-state index is 0.135. The molecular weight excluding hydrogens is 693 g/mol. The number of ether oxygens (including phenoxy) is 1. The third-order valence-corrected chi connectivity index (χ3v) is 14.5. The maximum absolute atomic E-state index is 7.92. The molecule has 2 heterocycles. The Morgan fingerprint density at radius 1 is 0.772 bits per heavy atom. The van der Waals surface area contributed by atoms with Crippen LogP contribution in [0.1, 0.15) is 138 Å². The molecule has 296 valence electrons. The van der Waals surface area contributed by atoms with Crippen molar-refractivity contribution in [1.29, 1.82) is 0 Å². The molecule has 0 spiro atoms. The van der Waals surface area contributed by atoms with E-state index < -0.39 is 5.60 Å². The lowest BCUT2D eigenvalue weighted by Crippen LogP contribution is -2.41. The summed E-state index contributed by atoms with van der Waals surface area (Å²) in [5.41, 5.74) is 12.9. The molecular formula is C54H64N2O. The van der Waals surface area contributed by atoms with Gasteiger partial charge in [0.1, 0.15) is 5.75 Å². The van der Waals surface area contributed by atoms with Gasteiger partial charge in [-0.2, -0.15) is 0 Å². The van der Waals surface area contributed by atoms with E-state index in [1.165, 1.54) is 106 Å². The minimum atomic E-state index is -0.767. The standard InChI is InChI=1S/C52H58N2O.C2H6/c1-33(2)40-26-28-51(3,4)49-47(40)42-13-9-8-12-41(42)46-43-25-24-39(54-30-10-7-11-31-54)32-45(43)50-44(48(46)49)27-29-52(55-50,37-20-22-38(23-21-37)53(5)6)36-18-16-35(17-19-36)34-14-15-34;1-2/h8-9,12-13,16-25,27,29,32-34,40,47,49H,7,10-11,14-15,26,28,30-31H2,1-6H3;1-2H3. The summed E-state index contributed by atoms with van der Waals surface area (Å²) in [4.78, 5) is 4.79. The van der Waals surface area contributed by atoms with E-state index in [1.54, 1.807) is 5.56 Å². The summed E-state index contributed by atoms with van der Waals surface area (Å²) in [5, 5.41) is 2.58. The van der Waals surface area contributed by atoms with Crippen LogP contribution in [0.4, 0.5) is 11.4 Å². The topological polar surface area (TPSA) is 15.7 Å². The fourth-order valence-corrected chi connectivity index (χ4v) is 11.4. The van der Waals surface area contributed by atoms with E-state index in [2.05, 4.69) is 155 Å². The Balaban J connectivity index is 0.00000208. The molecule has 3 fully saturated rings. The Labute approximate surface area is 343 Å². The first-order valence-electron chi connectivity index (χ1n) is 22.4. The van der Waals surface area contributed by atoms with Gasteiger partial charge in [-0.1, -0.05) is 114 Å². The number of hydrogen-bond donors (Lipinski definition) is 0. The van der Waals surface area contributed by atoms with Gasteiger partial charge < -0.3 is 14.5 Å². The highest BCUT2D eigenvalue weighted by atomic mass is 16.5. The van der Waals surface area contributed by atoms with Gasteiger partial charge in [-0.3, -0.25) is 0 Å². The van der Waals surface area contributed by atoms with Crippen LogP contribution in [0.25, 0.3) is 28.0 Å². The number of benzene rings is 5. The van der Waals surface area contributed by atoms with Crippen LogP contribution in [-0.2, 0) is 5.60 Å². The SMILES string of the molecule is CC.CC(C)C1CCC(C)(C)C2c3c4c(c5cc(N6CCCCC6)ccc5c3-c3ccccc3C12)OC(c1ccc(C2CC2)cc1)(c1ccc(N(C)C)cc1)C=C4. The van der Waals surface area contributed by atoms with Crippen LogP contribution in [0.2, 0.25) is 0 Å². The second-order valence-corrected chi connectivity index (χ2v) is 18.8. The van der Waals surface area contributed by atoms with Gasteiger partial charge in [0.25, 0.3) is 0 Å².